The van der Waals surface area contributed by atoms with Crippen molar-refractivity contribution < 1.29 is 9.30 Å². The molecule has 0 saturated carbocycles. The van der Waals surface area contributed by atoms with E-state index in [2.05, 4.69) is 65.7 Å². The Balaban J connectivity index is 1.76. The van der Waals surface area contributed by atoms with Crippen LogP contribution in [0.25, 0.3) is 17.1 Å². The van der Waals surface area contributed by atoms with Crippen LogP contribution in [-0.2, 0) is 13.0 Å². The van der Waals surface area contributed by atoms with Gasteiger partial charge in [0.2, 0.25) is 0 Å². The summed E-state index contributed by atoms with van der Waals surface area (Å²) in [6, 6.07) is 11.1. The zero-order chi connectivity index (χ0) is 15.6. The fraction of sp³-hybridized carbons (Fsp3) is 0.250. The monoisotopic (exact) mass is 303 g/mol. The van der Waals surface area contributed by atoms with Gasteiger partial charge >= 0.3 is 0 Å². The number of hydrogen-bond donors (Lipinski definition) is 0. The summed E-state index contributed by atoms with van der Waals surface area (Å²) in [7, 11) is 0. The first-order valence-electron chi connectivity index (χ1n) is 8.19. The number of aromatic nitrogens is 2. The van der Waals surface area contributed by atoms with Gasteiger partial charge in [0.25, 0.3) is 5.82 Å². The molecule has 3 heteroatoms. The second-order valence-corrected chi connectivity index (χ2v) is 6.58. The van der Waals surface area contributed by atoms with Crippen LogP contribution in [0.5, 0.6) is 5.75 Å². The van der Waals surface area contributed by atoms with Gasteiger partial charge in [0.1, 0.15) is 30.4 Å². The van der Waals surface area contributed by atoms with Crippen molar-refractivity contribution in [2.45, 2.75) is 26.8 Å². The summed E-state index contributed by atoms with van der Waals surface area (Å²) in [5.74, 6) is 2.36. The van der Waals surface area contributed by atoms with Gasteiger partial charge in [0, 0.05) is 12.0 Å². The maximum Gasteiger partial charge on any atom is 0.294 e. The van der Waals surface area contributed by atoms with Crippen molar-refractivity contribution in [3.8, 4) is 22.8 Å². The predicted molar refractivity (Wildman–Crippen MR) is 89.2 cm³/mol. The molecule has 0 radical (unpaired) electrons. The first-order chi connectivity index (χ1) is 11.2. The van der Waals surface area contributed by atoms with Crippen molar-refractivity contribution in [1.82, 2.24) is 4.57 Å². The number of rotatable bonds is 1. The molecular weight excluding hydrogens is 284 g/mol. The van der Waals surface area contributed by atoms with Crippen LogP contribution in [0.15, 0.2) is 42.7 Å². The molecule has 114 valence electrons. The van der Waals surface area contributed by atoms with Crippen LogP contribution in [0.3, 0.4) is 0 Å². The third-order valence-corrected chi connectivity index (χ3v) is 5.07. The molecular formula is C20H19N2O+. The summed E-state index contributed by atoms with van der Waals surface area (Å²) in [6.07, 6.45) is 5.40. The zero-order valence-electron chi connectivity index (χ0n) is 13.5. The Morgan fingerprint density at radius 2 is 1.91 bits per heavy atom. The normalized spacial score (nSPS) is 14.3. The molecule has 2 aliphatic rings. The van der Waals surface area contributed by atoms with E-state index in [-0.39, 0.29) is 0 Å². The van der Waals surface area contributed by atoms with Gasteiger partial charge in [-0.05, 0) is 42.7 Å². The molecule has 0 saturated heterocycles. The summed E-state index contributed by atoms with van der Waals surface area (Å²) < 4.78 is 10.4. The van der Waals surface area contributed by atoms with Crippen LogP contribution in [0.4, 0.5) is 0 Å². The molecule has 0 aliphatic carbocycles. The quantitative estimate of drug-likeness (QED) is 0.493. The average Bonchev–Trinajstić information content (AvgIpc) is 3.20. The number of fused-ring (bicyclic) bond motifs is 4. The standard InChI is InChI=1S/C20H19N2O/c1-13-4-3-5-14(2)19(13)22-8-7-21-12-16-11-18-15(6-9-23-18)10-17(16)20(21)22/h3-5,7-8,10-11H,6,9,12H2,1-2H3/q+1. The molecule has 1 aromatic heterocycles. The Bertz CT molecular complexity index is 932. The van der Waals surface area contributed by atoms with E-state index in [1.165, 1.54) is 39.3 Å². The van der Waals surface area contributed by atoms with Crippen LogP contribution >= 0.6 is 0 Å². The minimum atomic E-state index is 0.816. The predicted octanol–water partition coefficient (Wildman–Crippen LogP) is 3.35. The lowest BCUT2D eigenvalue weighted by molar-refractivity contribution is -0.671. The van der Waals surface area contributed by atoms with Gasteiger partial charge in [-0.1, -0.05) is 18.2 Å². The van der Waals surface area contributed by atoms with E-state index >= 15 is 0 Å². The second-order valence-electron chi connectivity index (χ2n) is 6.58. The molecule has 0 unspecified atom stereocenters. The number of nitrogens with zero attached hydrogens (tertiary/aromatic N) is 2. The molecule has 0 atom stereocenters. The van der Waals surface area contributed by atoms with Crippen molar-refractivity contribution in [3.63, 3.8) is 0 Å². The van der Waals surface area contributed by atoms with Gasteiger partial charge in [0.05, 0.1) is 12.2 Å². The van der Waals surface area contributed by atoms with Crippen LogP contribution in [0.1, 0.15) is 22.3 Å². The Hall–Kier alpha value is -2.55. The van der Waals surface area contributed by atoms with E-state index in [1.807, 2.05) is 0 Å². The number of imidazole rings is 1. The van der Waals surface area contributed by atoms with Gasteiger partial charge in [0.15, 0.2) is 0 Å². The minimum absolute atomic E-state index is 0.816. The number of para-hydroxylation sites is 1. The van der Waals surface area contributed by atoms with Crippen LogP contribution in [0, 0.1) is 13.8 Å². The highest BCUT2D eigenvalue weighted by Gasteiger charge is 2.33. The number of benzene rings is 2. The fourth-order valence-electron chi connectivity index (χ4n) is 3.99. The lowest BCUT2D eigenvalue weighted by atomic mass is 10.0. The highest BCUT2D eigenvalue weighted by Crippen LogP contribution is 2.37. The minimum Gasteiger partial charge on any atom is -0.493 e. The van der Waals surface area contributed by atoms with Gasteiger partial charge in [-0.2, -0.15) is 4.57 Å². The summed E-state index contributed by atoms with van der Waals surface area (Å²) in [6.45, 7) is 6.12. The van der Waals surface area contributed by atoms with Gasteiger partial charge in [-0.25, -0.2) is 4.57 Å². The van der Waals surface area contributed by atoms with E-state index in [9.17, 15) is 0 Å². The topological polar surface area (TPSA) is 18.0 Å². The Labute approximate surface area is 135 Å². The Morgan fingerprint density at radius 3 is 2.74 bits per heavy atom. The van der Waals surface area contributed by atoms with Crippen molar-refractivity contribution >= 4 is 0 Å². The third-order valence-electron chi connectivity index (χ3n) is 5.07. The SMILES string of the molecule is Cc1cccc(C)c1-n1cc[n+]2c1-c1cc3c(cc1C2)OCC3. The van der Waals surface area contributed by atoms with Crippen molar-refractivity contribution in [2.24, 2.45) is 0 Å². The first kappa shape index (κ1) is 12.9. The summed E-state index contributed by atoms with van der Waals surface area (Å²) >= 11 is 0. The molecule has 23 heavy (non-hydrogen) atoms. The van der Waals surface area contributed by atoms with Crippen LogP contribution in [0.2, 0.25) is 0 Å². The molecule has 0 N–H and O–H groups in total. The van der Waals surface area contributed by atoms with Crippen molar-refractivity contribution in [3.05, 3.63) is 65.0 Å². The number of ether oxygens (including phenoxy) is 1. The average molecular weight is 303 g/mol. The fourth-order valence-corrected chi connectivity index (χ4v) is 3.99. The van der Waals surface area contributed by atoms with Gasteiger partial charge in [-0.15, -0.1) is 0 Å². The van der Waals surface area contributed by atoms with Crippen LogP contribution < -0.4 is 9.30 Å². The van der Waals surface area contributed by atoms with E-state index in [0.717, 1.165) is 25.3 Å². The van der Waals surface area contributed by atoms with Gasteiger partial charge in [-0.3, -0.25) is 0 Å². The third kappa shape index (κ3) is 1.73. The molecule has 2 aliphatic heterocycles. The summed E-state index contributed by atoms with van der Waals surface area (Å²) in [5.41, 5.74) is 7.96. The van der Waals surface area contributed by atoms with E-state index in [4.69, 9.17) is 4.74 Å². The van der Waals surface area contributed by atoms with Crippen molar-refractivity contribution in [1.29, 1.82) is 0 Å². The molecule has 0 amide bonds. The molecule has 0 fully saturated rings. The largest absolute Gasteiger partial charge is 0.493 e. The van der Waals surface area contributed by atoms with Crippen LogP contribution in [-0.4, -0.2) is 11.2 Å². The highest BCUT2D eigenvalue weighted by atomic mass is 16.5. The van der Waals surface area contributed by atoms with E-state index < -0.39 is 0 Å². The maximum atomic E-state index is 5.74. The lowest BCUT2D eigenvalue weighted by Gasteiger charge is -2.08. The van der Waals surface area contributed by atoms with E-state index in [0.29, 0.717) is 0 Å². The summed E-state index contributed by atoms with van der Waals surface area (Å²) in [4.78, 5) is 0. The molecule has 5 rings (SSSR count). The molecule has 0 spiro atoms. The highest BCUT2D eigenvalue weighted by molar-refractivity contribution is 5.67. The molecule has 3 aromatic rings. The van der Waals surface area contributed by atoms with Gasteiger partial charge < -0.3 is 4.74 Å². The molecule has 3 heterocycles. The molecule has 0 bridgehead atoms. The Kier molecular flexibility index (Phi) is 2.52. The maximum absolute atomic E-state index is 5.74. The number of aryl methyl sites for hydroxylation is 2. The molecule has 2 aromatic carbocycles. The lowest BCUT2D eigenvalue weighted by Crippen LogP contribution is -2.30. The van der Waals surface area contributed by atoms with Crippen molar-refractivity contribution in [2.75, 3.05) is 6.61 Å². The number of hydrogen-bond acceptors (Lipinski definition) is 1. The Morgan fingerprint density at radius 1 is 1.09 bits per heavy atom. The van der Waals surface area contributed by atoms with E-state index in [1.54, 1.807) is 0 Å². The molecule has 3 nitrogen and oxygen atoms in total. The smallest absolute Gasteiger partial charge is 0.294 e. The first-order valence-corrected chi connectivity index (χ1v) is 8.19. The zero-order valence-corrected chi connectivity index (χ0v) is 13.5. The second kappa shape index (κ2) is 4.48. The summed E-state index contributed by atoms with van der Waals surface area (Å²) in [5, 5.41) is 0.